The van der Waals surface area contributed by atoms with Gasteiger partial charge in [0.1, 0.15) is 5.69 Å². The number of H-pyrrole nitrogens is 1. The molecule has 3 rings (SSSR count). The number of benzene rings is 1. The van der Waals surface area contributed by atoms with Crippen LogP contribution in [0.4, 0.5) is 0 Å². The van der Waals surface area contributed by atoms with Gasteiger partial charge in [0.05, 0.1) is 0 Å². The monoisotopic (exact) mass is 306 g/mol. The first-order valence-corrected chi connectivity index (χ1v) is 7.11. The zero-order chi connectivity index (χ0) is 12.5. The predicted molar refractivity (Wildman–Crippen MR) is 75.7 cm³/mol. The molecule has 0 aliphatic heterocycles. The Morgan fingerprint density at radius 1 is 1.28 bits per heavy atom. The van der Waals surface area contributed by atoms with E-state index in [1.54, 1.807) is 0 Å². The Labute approximate surface area is 114 Å². The van der Waals surface area contributed by atoms with Crippen LogP contribution in [0, 0.1) is 0 Å². The zero-order valence-electron chi connectivity index (χ0n) is 10.0. The molecular weight excluding hydrogens is 292 g/mol. The standard InChI is InChI=1S/C14H15BrN2O/c15-10-5-6-12-9(7-10)8-13(17-12)14(18)16-11-3-1-2-4-11/h5-8,11,17H,1-4H2,(H,16,18). The minimum Gasteiger partial charge on any atom is -0.351 e. The maximum Gasteiger partial charge on any atom is 0.267 e. The quantitative estimate of drug-likeness (QED) is 0.875. The lowest BCUT2D eigenvalue weighted by Crippen LogP contribution is -2.32. The molecule has 1 fully saturated rings. The summed E-state index contributed by atoms with van der Waals surface area (Å²) in [5, 5.41) is 4.15. The van der Waals surface area contributed by atoms with Crippen LogP contribution in [0.2, 0.25) is 0 Å². The van der Waals surface area contributed by atoms with E-state index in [0.29, 0.717) is 11.7 Å². The van der Waals surface area contributed by atoms with E-state index in [0.717, 1.165) is 28.2 Å². The molecule has 0 spiro atoms. The van der Waals surface area contributed by atoms with Gasteiger partial charge < -0.3 is 10.3 Å². The number of hydrogen-bond acceptors (Lipinski definition) is 1. The highest BCUT2D eigenvalue weighted by Crippen LogP contribution is 2.21. The number of fused-ring (bicyclic) bond motifs is 1. The van der Waals surface area contributed by atoms with E-state index in [1.165, 1.54) is 12.8 Å². The molecule has 18 heavy (non-hydrogen) atoms. The summed E-state index contributed by atoms with van der Waals surface area (Å²) in [7, 11) is 0. The molecule has 1 amide bonds. The molecular formula is C14H15BrN2O. The van der Waals surface area contributed by atoms with Crippen molar-refractivity contribution in [2.24, 2.45) is 0 Å². The van der Waals surface area contributed by atoms with E-state index in [2.05, 4.69) is 26.2 Å². The van der Waals surface area contributed by atoms with Crippen molar-refractivity contribution in [2.45, 2.75) is 31.7 Å². The summed E-state index contributed by atoms with van der Waals surface area (Å²) in [5.41, 5.74) is 1.64. The molecule has 2 aromatic rings. The highest BCUT2D eigenvalue weighted by atomic mass is 79.9. The van der Waals surface area contributed by atoms with Crippen molar-refractivity contribution in [1.82, 2.24) is 10.3 Å². The first-order valence-electron chi connectivity index (χ1n) is 6.31. The third-order valence-electron chi connectivity index (χ3n) is 3.52. The number of hydrogen-bond donors (Lipinski definition) is 2. The number of carbonyl (C=O) groups is 1. The molecule has 2 N–H and O–H groups in total. The van der Waals surface area contributed by atoms with Crippen molar-refractivity contribution in [2.75, 3.05) is 0 Å². The molecule has 1 aliphatic rings. The lowest BCUT2D eigenvalue weighted by molar-refractivity contribution is 0.0933. The highest BCUT2D eigenvalue weighted by molar-refractivity contribution is 9.10. The van der Waals surface area contributed by atoms with Gasteiger partial charge in [-0.25, -0.2) is 0 Å². The summed E-state index contributed by atoms with van der Waals surface area (Å²) < 4.78 is 1.02. The Morgan fingerprint density at radius 2 is 2.06 bits per heavy atom. The fraction of sp³-hybridized carbons (Fsp3) is 0.357. The molecule has 1 heterocycles. The van der Waals surface area contributed by atoms with Crippen LogP contribution in [0.5, 0.6) is 0 Å². The summed E-state index contributed by atoms with van der Waals surface area (Å²) in [4.78, 5) is 15.3. The summed E-state index contributed by atoms with van der Waals surface area (Å²) in [6.07, 6.45) is 4.67. The molecule has 1 aromatic carbocycles. The van der Waals surface area contributed by atoms with Crippen LogP contribution in [-0.2, 0) is 0 Å². The first kappa shape index (κ1) is 11.8. The van der Waals surface area contributed by atoms with Gasteiger partial charge in [-0.15, -0.1) is 0 Å². The first-order chi connectivity index (χ1) is 8.72. The van der Waals surface area contributed by atoms with Gasteiger partial charge in [-0.2, -0.15) is 0 Å². The van der Waals surface area contributed by atoms with Crippen LogP contribution in [-0.4, -0.2) is 16.9 Å². The summed E-state index contributed by atoms with van der Waals surface area (Å²) in [6, 6.07) is 8.22. The SMILES string of the molecule is O=C(NC1CCCC1)c1cc2cc(Br)ccc2[nH]1. The molecule has 0 unspecified atom stereocenters. The van der Waals surface area contributed by atoms with Gasteiger partial charge in [-0.1, -0.05) is 28.8 Å². The van der Waals surface area contributed by atoms with Crippen molar-refractivity contribution in [3.05, 3.63) is 34.4 Å². The van der Waals surface area contributed by atoms with Gasteiger partial charge in [-0.05, 0) is 37.1 Å². The average molecular weight is 307 g/mol. The molecule has 3 nitrogen and oxygen atoms in total. The summed E-state index contributed by atoms with van der Waals surface area (Å²) in [6.45, 7) is 0. The average Bonchev–Trinajstić information content (AvgIpc) is 2.96. The zero-order valence-corrected chi connectivity index (χ0v) is 11.6. The minimum absolute atomic E-state index is 0.00854. The molecule has 0 radical (unpaired) electrons. The van der Waals surface area contributed by atoms with E-state index in [9.17, 15) is 4.79 Å². The molecule has 0 saturated heterocycles. The molecule has 94 valence electrons. The van der Waals surface area contributed by atoms with E-state index in [4.69, 9.17) is 0 Å². The molecule has 4 heteroatoms. The van der Waals surface area contributed by atoms with Gasteiger partial charge in [0.25, 0.3) is 5.91 Å². The molecule has 1 saturated carbocycles. The van der Waals surface area contributed by atoms with Gasteiger partial charge in [0.2, 0.25) is 0 Å². The molecule has 0 atom stereocenters. The van der Waals surface area contributed by atoms with E-state index >= 15 is 0 Å². The fourth-order valence-electron chi connectivity index (χ4n) is 2.56. The summed E-state index contributed by atoms with van der Waals surface area (Å²) >= 11 is 3.44. The third-order valence-corrected chi connectivity index (χ3v) is 4.01. The van der Waals surface area contributed by atoms with Crippen molar-refractivity contribution >= 4 is 32.7 Å². The Balaban J connectivity index is 1.82. The number of aromatic amines is 1. The van der Waals surface area contributed by atoms with Crippen LogP contribution in [0.3, 0.4) is 0 Å². The fourth-order valence-corrected chi connectivity index (χ4v) is 2.94. The van der Waals surface area contributed by atoms with Gasteiger partial charge in [0.15, 0.2) is 0 Å². The van der Waals surface area contributed by atoms with E-state index in [-0.39, 0.29) is 5.91 Å². The van der Waals surface area contributed by atoms with Crippen LogP contribution < -0.4 is 5.32 Å². The number of rotatable bonds is 2. The second kappa shape index (κ2) is 4.76. The van der Waals surface area contributed by atoms with E-state index in [1.807, 2.05) is 24.3 Å². The lowest BCUT2D eigenvalue weighted by Gasteiger charge is -2.10. The summed E-state index contributed by atoms with van der Waals surface area (Å²) in [5.74, 6) is 0.00854. The third kappa shape index (κ3) is 2.29. The van der Waals surface area contributed by atoms with Crippen molar-refractivity contribution in [3.8, 4) is 0 Å². The Hall–Kier alpha value is -1.29. The number of halogens is 1. The molecule has 0 bridgehead atoms. The molecule has 1 aromatic heterocycles. The number of amides is 1. The Bertz CT molecular complexity index is 584. The lowest BCUT2D eigenvalue weighted by atomic mass is 10.2. The van der Waals surface area contributed by atoms with Crippen molar-refractivity contribution < 1.29 is 4.79 Å². The smallest absolute Gasteiger partial charge is 0.267 e. The maximum atomic E-state index is 12.1. The van der Waals surface area contributed by atoms with Crippen molar-refractivity contribution in [3.63, 3.8) is 0 Å². The largest absolute Gasteiger partial charge is 0.351 e. The van der Waals surface area contributed by atoms with Crippen LogP contribution in [0.15, 0.2) is 28.7 Å². The topological polar surface area (TPSA) is 44.9 Å². The van der Waals surface area contributed by atoms with Crippen LogP contribution in [0.1, 0.15) is 36.2 Å². The van der Waals surface area contributed by atoms with Crippen molar-refractivity contribution in [1.29, 1.82) is 0 Å². The van der Waals surface area contributed by atoms with Gasteiger partial charge in [0, 0.05) is 21.4 Å². The van der Waals surface area contributed by atoms with Crippen LogP contribution >= 0.6 is 15.9 Å². The second-order valence-electron chi connectivity index (χ2n) is 4.87. The Morgan fingerprint density at radius 3 is 2.83 bits per heavy atom. The number of carbonyl (C=O) groups excluding carboxylic acids is 1. The van der Waals surface area contributed by atoms with Gasteiger partial charge in [-0.3, -0.25) is 4.79 Å². The Kier molecular flexibility index (Phi) is 3.12. The predicted octanol–water partition coefficient (Wildman–Crippen LogP) is 3.60. The number of nitrogens with one attached hydrogen (secondary N) is 2. The highest BCUT2D eigenvalue weighted by Gasteiger charge is 2.18. The van der Waals surface area contributed by atoms with Crippen LogP contribution in [0.25, 0.3) is 10.9 Å². The minimum atomic E-state index is 0.00854. The second-order valence-corrected chi connectivity index (χ2v) is 5.79. The number of aromatic nitrogens is 1. The maximum absolute atomic E-state index is 12.1. The molecule has 1 aliphatic carbocycles. The van der Waals surface area contributed by atoms with E-state index < -0.39 is 0 Å². The van der Waals surface area contributed by atoms with Gasteiger partial charge >= 0.3 is 0 Å². The normalized spacial score (nSPS) is 16.3.